The van der Waals surface area contributed by atoms with E-state index in [0.717, 1.165) is 23.9 Å². The lowest BCUT2D eigenvalue weighted by Crippen LogP contribution is -2.42. The topological polar surface area (TPSA) is 44.7 Å². The minimum atomic E-state index is -0.195. The second-order valence-corrected chi connectivity index (χ2v) is 7.81. The molecule has 0 bridgehead atoms. The van der Waals surface area contributed by atoms with E-state index in [1.165, 1.54) is 31.0 Å². The van der Waals surface area contributed by atoms with Gasteiger partial charge in [0.15, 0.2) is 5.17 Å². The zero-order valence-electron chi connectivity index (χ0n) is 14.3. The van der Waals surface area contributed by atoms with Gasteiger partial charge < -0.3 is 10.2 Å². The van der Waals surface area contributed by atoms with E-state index in [2.05, 4.69) is 10.2 Å². The maximum Gasteiger partial charge on any atom is 0.230 e. The van der Waals surface area contributed by atoms with Crippen LogP contribution in [0.25, 0.3) is 0 Å². The van der Waals surface area contributed by atoms with Crippen LogP contribution in [-0.2, 0) is 4.79 Å². The van der Waals surface area contributed by atoms with Crippen LogP contribution in [0.1, 0.15) is 40.0 Å². The summed E-state index contributed by atoms with van der Waals surface area (Å²) in [6.07, 6.45) is 3.68. The van der Waals surface area contributed by atoms with E-state index in [1.54, 1.807) is 0 Å². The molecule has 1 heterocycles. The Morgan fingerprint density at radius 3 is 2.43 bits per heavy atom. The largest absolute Gasteiger partial charge is 0.351 e. The highest BCUT2D eigenvalue weighted by Gasteiger charge is 2.19. The van der Waals surface area contributed by atoms with Crippen molar-refractivity contribution in [3.63, 3.8) is 0 Å². The number of nitrogens with zero attached hydrogens (tertiary/aromatic N) is 2. The van der Waals surface area contributed by atoms with Crippen LogP contribution in [0.2, 0.25) is 0 Å². The summed E-state index contributed by atoms with van der Waals surface area (Å²) in [4.78, 5) is 19.2. The smallest absolute Gasteiger partial charge is 0.230 e. The first-order valence-electron chi connectivity index (χ1n) is 8.26. The van der Waals surface area contributed by atoms with Gasteiger partial charge in [-0.05, 0) is 52.2 Å². The summed E-state index contributed by atoms with van der Waals surface area (Å²) in [5, 5.41) is 3.97. The highest BCUT2D eigenvalue weighted by molar-refractivity contribution is 8.14. The number of aliphatic imine (C=N–C) groups is 1. The molecule has 1 aliphatic rings. The lowest BCUT2D eigenvalue weighted by Gasteiger charge is -2.29. The Morgan fingerprint density at radius 1 is 1.17 bits per heavy atom. The van der Waals surface area contributed by atoms with Crippen molar-refractivity contribution in [2.45, 2.75) is 45.6 Å². The van der Waals surface area contributed by atoms with Gasteiger partial charge in [-0.1, -0.05) is 30.0 Å². The van der Waals surface area contributed by atoms with Crippen molar-refractivity contribution in [2.75, 3.05) is 18.8 Å². The number of likely N-dealkylation sites (tertiary alicyclic amines) is 1. The second-order valence-electron chi connectivity index (χ2n) is 6.86. The molecule has 0 aromatic heterocycles. The summed E-state index contributed by atoms with van der Waals surface area (Å²) >= 11 is 1.54. The van der Waals surface area contributed by atoms with Gasteiger partial charge in [0.2, 0.25) is 5.91 Å². The van der Waals surface area contributed by atoms with Crippen LogP contribution in [0.3, 0.4) is 0 Å². The van der Waals surface area contributed by atoms with Crippen LogP contribution in [0.4, 0.5) is 5.69 Å². The first-order chi connectivity index (χ1) is 10.9. The molecular weight excluding hydrogens is 306 g/mol. The molecule has 1 aromatic rings. The minimum absolute atomic E-state index is 0.0558. The fourth-order valence-electron chi connectivity index (χ4n) is 2.48. The predicted molar refractivity (Wildman–Crippen MR) is 99.3 cm³/mol. The van der Waals surface area contributed by atoms with Crippen molar-refractivity contribution in [1.82, 2.24) is 10.2 Å². The van der Waals surface area contributed by atoms with Gasteiger partial charge in [-0.2, -0.15) is 0 Å². The maximum absolute atomic E-state index is 12.1. The van der Waals surface area contributed by atoms with Crippen LogP contribution in [0.5, 0.6) is 0 Å². The van der Waals surface area contributed by atoms with Crippen molar-refractivity contribution in [1.29, 1.82) is 0 Å². The van der Waals surface area contributed by atoms with Gasteiger partial charge in [0.25, 0.3) is 0 Å². The molecule has 1 amide bonds. The van der Waals surface area contributed by atoms with Gasteiger partial charge in [-0.3, -0.25) is 4.79 Å². The zero-order valence-corrected chi connectivity index (χ0v) is 15.2. The molecule has 1 N–H and O–H groups in total. The number of piperidine rings is 1. The van der Waals surface area contributed by atoms with E-state index >= 15 is 0 Å². The van der Waals surface area contributed by atoms with Crippen LogP contribution < -0.4 is 5.32 Å². The molecule has 5 heteroatoms. The highest BCUT2D eigenvalue weighted by atomic mass is 32.2. The average Bonchev–Trinajstić information content (AvgIpc) is 2.51. The van der Waals surface area contributed by atoms with Crippen LogP contribution >= 0.6 is 11.8 Å². The van der Waals surface area contributed by atoms with Gasteiger partial charge in [-0.25, -0.2) is 4.99 Å². The third-order valence-electron chi connectivity index (χ3n) is 3.45. The summed E-state index contributed by atoms with van der Waals surface area (Å²) in [5.41, 5.74) is 0.747. The average molecular weight is 334 g/mol. The standard InChI is InChI=1S/C18H27N3OS/c1-18(2,3)20-16(22)14-23-17(21-12-8-5-9-13-21)19-15-10-6-4-7-11-15/h4,6-7,10-11H,5,8-9,12-14H2,1-3H3,(H,20,22). The zero-order chi connectivity index (χ0) is 16.7. The third kappa shape index (κ3) is 6.65. The molecule has 23 heavy (non-hydrogen) atoms. The Kier molecular flexibility index (Phi) is 6.51. The molecular formula is C18H27N3OS. The van der Waals surface area contributed by atoms with Crippen LogP contribution in [-0.4, -0.2) is 40.4 Å². The number of carbonyl (C=O) groups is 1. The quantitative estimate of drug-likeness (QED) is 0.676. The molecule has 1 aromatic carbocycles. The number of nitrogens with one attached hydrogen (secondary N) is 1. The SMILES string of the molecule is CC(C)(C)NC(=O)CSC(=Nc1ccccc1)N1CCCCC1. The summed E-state index contributed by atoms with van der Waals surface area (Å²) in [6, 6.07) is 9.97. The summed E-state index contributed by atoms with van der Waals surface area (Å²) in [5.74, 6) is 0.458. The normalized spacial score (nSPS) is 16.3. The van der Waals surface area contributed by atoms with Crippen molar-refractivity contribution >= 4 is 28.5 Å². The van der Waals surface area contributed by atoms with E-state index in [4.69, 9.17) is 4.99 Å². The molecule has 0 spiro atoms. The van der Waals surface area contributed by atoms with E-state index in [1.807, 2.05) is 51.1 Å². The monoisotopic (exact) mass is 333 g/mol. The third-order valence-corrected chi connectivity index (χ3v) is 4.47. The van der Waals surface area contributed by atoms with E-state index in [9.17, 15) is 4.79 Å². The first kappa shape index (κ1) is 17.9. The number of thioether (sulfide) groups is 1. The number of amides is 1. The van der Waals surface area contributed by atoms with Crippen molar-refractivity contribution < 1.29 is 4.79 Å². The van der Waals surface area contributed by atoms with E-state index in [0.29, 0.717) is 5.75 Å². The minimum Gasteiger partial charge on any atom is -0.351 e. The molecule has 126 valence electrons. The number of carbonyl (C=O) groups excluding carboxylic acids is 1. The molecule has 0 unspecified atom stereocenters. The van der Waals surface area contributed by atoms with Gasteiger partial charge in [0.1, 0.15) is 0 Å². The molecule has 0 aliphatic carbocycles. The van der Waals surface area contributed by atoms with Crippen molar-refractivity contribution in [2.24, 2.45) is 4.99 Å². The Morgan fingerprint density at radius 2 is 1.83 bits per heavy atom. The number of rotatable bonds is 3. The summed E-state index contributed by atoms with van der Waals surface area (Å²) < 4.78 is 0. The number of hydrogen-bond acceptors (Lipinski definition) is 3. The predicted octanol–water partition coefficient (Wildman–Crippen LogP) is 3.81. The highest BCUT2D eigenvalue weighted by Crippen LogP contribution is 2.21. The van der Waals surface area contributed by atoms with E-state index in [-0.39, 0.29) is 11.4 Å². The molecule has 1 aliphatic heterocycles. The Balaban J connectivity index is 2.04. The van der Waals surface area contributed by atoms with E-state index < -0.39 is 0 Å². The first-order valence-corrected chi connectivity index (χ1v) is 9.25. The van der Waals surface area contributed by atoms with Crippen molar-refractivity contribution in [3.05, 3.63) is 30.3 Å². The van der Waals surface area contributed by atoms with Crippen LogP contribution in [0, 0.1) is 0 Å². The van der Waals surface area contributed by atoms with Gasteiger partial charge in [0, 0.05) is 18.6 Å². The number of benzene rings is 1. The van der Waals surface area contributed by atoms with Crippen molar-refractivity contribution in [3.8, 4) is 0 Å². The fraction of sp³-hybridized carbons (Fsp3) is 0.556. The molecule has 1 saturated heterocycles. The molecule has 4 nitrogen and oxygen atoms in total. The number of para-hydroxylation sites is 1. The Bertz CT molecular complexity index is 531. The molecule has 1 fully saturated rings. The lowest BCUT2D eigenvalue weighted by molar-refractivity contribution is -0.119. The maximum atomic E-state index is 12.1. The van der Waals surface area contributed by atoms with Gasteiger partial charge in [-0.15, -0.1) is 0 Å². The summed E-state index contributed by atoms with van der Waals surface area (Å²) in [6.45, 7) is 8.05. The Hall–Kier alpha value is -1.49. The Labute approximate surface area is 143 Å². The molecule has 2 rings (SSSR count). The van der Waals surface area contributed by atoms with Gasteiger partial charge >= 0.3 is 0 Å². The van der Waals surface area contributed by atoms with Gasteiger partial charge in [0.05, 0.1) is 11.4 Å². The molecule has 0 atom stereocenters. The fourth-order valence-corrected chi connectivity index (χ4v) is 3.34. The summed E-state index contributed by atoms with van der Waals surface area (Å²) in [7, 11) is 0. The lowest BCUT2D eigenvalue weighted by atomic mass is 10.1. The number of hydrogen-bond donors (Lipinski definition) is 1. The van der Waals surface area contributed by atoms with Crippen LogP contribution in [0.15, 0.2) is 35.3 Å². The molecule has 0 saturated carbocycles. The molecule has 0 radical (unpaired) electrons. The number of amidine groups is 1. The second kappa shape index (κ2) is 8.39.